The Morgan fingerprint density at radius 3 is 2.71 bits per heavy atom. The molecule has 1 saturated heterocycles. The Kier molecular flexibility index (Phi) is 6.11. The molecule has 14 heteroatoms. The van der Waals surface area contributed by atoms with E-state index in [1.165, 1.54) is 9.69 Å². The number of aryl methyl sites for hydroxylation is 1. The van der Waals surface area contributed by atoms with E-state index in [9.17, 15) is 14.3 Å². The topological polar surface area (TPSA) is 129 Å². The maximum absolute atomic E-state index is 14.5. The zero-order valence-corrected chi connectivity index (χ0v) is 19.4. The molecule has 0 bridgehead atoms. The molecule has 2 aliphatic rings. The van der Waals surface area contributed by atoms with Crippen molar-refractivity contribution in [2.45, 2.75) is 26.0 Å². The van der Waals surface area contributed by atoms with Crippen LogP contribution in [0.3, 0.4) is 0 Å². The van der Waals surface area contributed by atoms with Crippen LogP contribution in [0.5, 0.6) is 0 Å². The summed E-state index contributed by atoms with van der Waals surface area (Å²) >= 11 is 0. The predicted octanol–water partition coefficient (Wildman–Crippen LogP) is -0.675. The van der Waals surface area contributed by atoms with Crippen molar-refractivity contribution in [2.75, 3.05) is 31.1 Å². The van der Waals surface area contributed by atoms with Crippen molar-refractivity contribution in [3.05, 3.63) is 47.7 Å². The molecule has 2 amide bonds. The van der Waals surface area contributed by atoms with E-state index in [0.717, 1.165) is 17.2 Å². The molecular formula is C21H24BFN10O2. The number of piperazine rings is 1. The molecule has 1 N–H and O–H groups in total. The quantitative estimate of drug-likeness (QED) is 0.489. The minimum absolute atomic E-state index is 0.0424. The normalized spacial score (nSPS) is 17.9. The first-order valence-corrected chi connectivity index (χ1v) is 11.3. The number of amides is 2. The number of aromatic nitrogens is 6. The highest BCUT2D eigenvalue weighted by Crippen LogP contribution is 2.28. The van der Waals surface area contributed by atoms with Crippen LogP contribution in [-0.2, 0) is 6.61 Å². The van der Waals surface area contributed by atoms with Crippen LogP contribution in [-0.4, -0.2) is 91.0 Å². The first-order chi connectivity index (χ1) is 16.9. The second kappa shape index (κ2) is 9.37. The van der Waals surface area contributed by atoms with Gasteiger partial charge in [0.25, 0.3) is 0 Å². The fraction of sp³-hybridized carbons (Fsp3) is 0.381. The van der Waals surface area contributed by atoms with Gasteiger partial charge in [0.1, 0.15) is 20.3 Å². The van der Waals surface area contributed by atoms with Crippen molar-refractivity contribution in [3.63, 3.8) is 0 Å². The summed E-state index contributed by atoms with van der Waals surface area (Å²) in [5.41, 5.74) is 1.98. The maximum atomic E-state index is 14.5. The third-order valence-corrected chi connectivity index (χ3v) is 6.01. The molecule has 0 aromatic carbocycles. The molecule has 0 spiro atoms. The van der Waals surface area contributed by atoms with Gasteiger partial charge >= 0.3 is 6.03 Å². The molecular weight excluding hydrogens is 454 g/mol. The van der Waals surface area contributed by atoms with Gasteiger partial charge in [-0.15, -0.1) is 5.10 Å². The SMILES string of the molecule is Bc1cncc(C2CC=NN2C(=O)N2CCN(c3ncc(F)c(-n4nc(CO)nc4C)n3)CC2)c1. The average Bonchev–Trinajstić information content (AvgIpc) is 3.51. The summed E-state index contributed by atoms with van der Waals surface area (Å²) in [5, 5.41) is 19.2. The van der Waals surface area contributed by atoms with Crippen LogP contribution in [0.25, 0.3) is 5.82 Å². The van der Waals surface area contributed by atoms with Crippen LogP contribution in [0.2, 0.25) is 0 Å². The minimum Gasteiger partial charge on any atom is -0.388 e. The Bertz CT molecular complexity index is 1280. The van der Waals surface area contributed by atoms with E-state index in [0.29, 0.717) is 44.4 Å². The van der Waals surface area contributed by atoms with E-state index in [2.05, 4.69) is 30.1 Å². The molecule has 12 nitrogen and oxygen atoms in total. The van der Waals surface area contributed by atoms with E-state index in [1.54, 1.807) is 30.4 Å². The Labute approximate surface area is 201 Å². The lowest BCUT2D eigenvalue weighted by Crippen LogP contribution is -2.52. The number of hydrogen-bond acceptors (Lipinski definition) is 9. The molecule has 1 unspecified atom stereocenters. The van der Waals surface area contributed by atoms with Crippen molar-refractivity contribution < 1.29 is 14.3 Å². The van der Waals surface area contributed by atoms with Gasteiger partial charge in [0, 0.05) is 51.2 Å². The Morgan fingerprint density at radius 2 is 2.00 bits per heavy atom. The van der Waals surface area contributed by atoms with Crippen molar-refractivity contribution in [1.29, 1.82) is 0 Å². The third kappa shape index (κ3) is 4.44. The molecule has 0 saturated carbocycles. The molecule has 5 rings (SSSR count). The summed E-state index contributed by atoms with van der Waals surface area (Å²) in [7, 11) is 1.97. The van der Waals surface area contributed by atoms with E-state index >= 15 is 0 Å². The van der Waals surface area contributed by atoms with Crippen LogP contribution >= 0.6 is 0 Å². The minimum atomic E-state index is -0.649. The molecule has 1 atom stereocenters. The number of carbonyl (C=O) groups is 1. The molecule has 180 valence electrons. The van der Waals surface area contributed by atoms with Crippen LogP contribution in [0.1, 0.15) is 29.7 Å². The number of aliphatic hydroxyl groups excluding tert-OH is 1. The molecule has 1 fully saturated rings. The van der Waals surface area contributed by atoms with Crippen LogP contribution < -0.4 is 10.4 Å². The number of rotatable bonds is 4. The highest BCUT2D eigenvalue weighted by molar-refractivity contribution is 6.32. The van der Waals surface area contributed by atoms with Gasteiger partial charge < -0.3 is 14.9 Å². The number of anilines is 1. The van der Waals surface area contributed by atoms with Crippen LogP contribution in [0.15, 0.2) is 29.8 Å². The first-order valence-electron chi connectivity index (χ1n) is 11.3. The van der Waals surface area contributed by atoms with Crippen molar-refractivity contribution in [3.8, 4) is 5.82 Å². The fourth-order valence-corrected chi connectivity index (χ4v) is 4.24. The molecule has 0 radical (unpaired) electrons. The van der Waals surface area contributed by atoms with Crippen molar-refractivity contribution in [2.24, 2.45) is 5.10 Å². The number of carbonyl (C=O) groups excluding carboxylic acids is 1. The number of hydrogen-bond donors (Lipinski definition) is 1. The Morgan fingerprint density at radius 1 is 1.20 bits per heavy atom. The zero-order valence-electron chi connectivity index (χ0n) is 19.4. The highest BCUT2D eigenvalue weighted by Gasteiger charge is 2.33. The summed E-state index contributed by atoms with van der Waals surface area (Å²) in [4.78, 5) is 33.7. The summed E-state index contributed by atoms with van der Waals surface area (Å²) in [6.45, 7) is 3.13. The van der Waals surface area contributed by atoms with E-state index in [1.807, 2.05) is 18.8 Å². The number of nitrogens with zero attached hydrogens (tertiary/aromatic N) is 10. The van der Waals surface area contributed by atoms with Crippen LogP contribution in [0.4, 0.5) is 15.1 Å². The predicted molar refractivity (Wildman–Crippen MR) is 127 cm³/mol. The standard InChI is InChI=1S/C21H24BFN10O2/c1-13-27-18(12-34)29-32(13)19-16(23)11-25-20(28-19)30-4-6-31(7-5-30)21(35)33-17(2-3-26-33)14-8-15(22)10-24-9-14/h3,8-11,17,34H,2,4-7,12,22H2,1H3. The highest BCUT2D eigenvalue weighted by atomic mass is 19.1. The lowest BCUT2D eigenvalue weighted by molar-refractivity contribution is 0.139. The van der Waals surface area contributed by atoms with Crippen molar-refractivity contribution in [1.82, 2.24) is 39.6 Å². The second-order valence-electron chi connectivity index (χ2n) is 8.43. The van der Waals surface area contributed by atoms with Gasteiger partial charge in [-0.1, -0.05) is 11.5 Å². The number of hydrazone groups is 1. The van der Waals surface area contributed by atoms with Gasteiger partial charge in [0.2, 0.25) is 5.95 Å². The van der Waals surface area contributed by atoms with E-state index in [4.69, 9.17) is 0 Å². The zero-order chi connectivity index (χ0) is 24.5. The van der Waals surface area contributed by atoms with Gasteiger partial charge in [0.15, 0.2) is 17.5 Å². The Hall–Kier alpha value is -3.94. The Balaban J connectivity index is 1.28. The fourth-order valence-electron chi connectivity index (χ4n) is 4.24. The molecule has 2 aliphatic heterocycles. The number of pyridine rings is 1. The molecule has 0 aliphatic carbocycles. The lowest BCUT2D eigenvalue weighted by Gasteiger charge is -2.37. The lowest BCUT2D eigenvalue weighted by atomic mass is 9.94. The second-order valence-corrected chi connectivity index (χ2v) is 8.43. The third-order valence-electron chi connectivity index (χ3n) is 6.01. The number of urea groups is 1. The monoisotopic (exact) mass is 478 g/mol. The summed E-state index contributed by atoms with van der Waals surface area (Å²) in [6, 6.07) is 1.68. The van der Waals surface area contributed by atoms with Gasteiger partial charge in [-0.05, 0) is 12.5 Å². The number of halogens is 1. The molecule has 5 heterocycles. The first kappa shape index (κ1) is 22.8. The molecule has 35 heavy (non-hydrogen) atoms. The summed E-state index contributed by atoms with van der Waals surface area (Å²) < 4.78 is 15.7. The van der Waals surface area contributed by atoms with Gasteiger partial charge in [0.05, 0.1) is 12.2 Å². The largest absolute Gasteiger partial charge is 0.388 e. The smallest absolute Gasteiger partial charge is 0.341 e. The van der Waals surface area contributed by atoms with Gasteiger partial charge in [-0.25, -0.2) is 24.2 Å². The van der Waals surface area contributed by atoms with Crippen molar-refractivity contribution >= 4 is 31.5 Å². The maximum Gasteiger partial charge on any atom is 0.341 e. The van der Waals surface area contributed by atoms with Gasteiger partial charge in [-0.3, -0.25) is 4.98 Å². The number of aliphatic hydroxyl groups is 1. The molecule has 3 aromatic rings. The summed E-state index contributed by atoms with van der Waals surface area (Å²) in [6.07, 6.45) is 7.04. The summed E-state index contributed by atoms with van der Waals surface area (Å²) in [5.74, 6) is 0.218. The van der Waals surface area contributed by atoms with E-state index in [-0.39, 0.29) is 30.3 Å². The van der Waals surface area contributed by atoms with E-state index < -0.39 is 5.82 Å². The van der Waals surface area contributed by atoms with Crippen LogP contribution in [0, 0.1) is 12.7 Å². The average molecular weight is 478 g/mol. The van der Waals surface area contributed by atoms with Gasteiger partial charge in [-0.2, -0.15) is 14.8 Å². The molecule has 3 aromatic heterocycles.